The first kappa shape index (κ1) is 7.13. The molecule has 0 aromatic heterocycles. The monoisotopic (exact) mass is 172 g/mol. The summed E-state index contributed by atoms with van der Waals surface area (Å²) in [6, 6.07) is 8.92. The van der Waals surface area contributed by atoms with Crippen LogP contribution in [0.25, 0.3) is 0 Å². The van der Waals surface area contributed by atoms with Gasteiger partial charge in [0.2, 0.25) is 0 Å². The second-order valence-electron chi connectivity index (χ2n) is 3.74. The van der Waals surface area contributed by atoms with Crippen LogP contribution in [0, 0.1) is 5.92 Å². The number of nitrogens with zero attached hydrogens (tertiary/aromatic N) is 1. The minimum absolute atomic E-state index is 0.428. The van der Waals surface area contributed by atoms with Gasteiger partial charge in [0.05, 0.1) is 6.04 Å². The maximum Gasteiger partial charge on any atom is 0.0813 e. The predicted molar refractivity (Wildman–Crippen MR) is 54.3 cm³/mol. The lowest BCUT2D eigenvalue weighted by molar-refractivity contribution is 0.489. The van der Waals surface area contributed by atoms with Crippen LogP contribution in [0.4, 0.5) is 5.69 Å². The summed E-state index contributed by atoms with van der Waals surface area (Å²) < 4.78 is 0. The molecule has 2 aliphatic rings. The first-order chi connectivity index (χ1) is 6.45. The second kappa shape index (κ2) is 2.59. The van der Waals surface area contributed by atoms with E-state index in [4.69, 9.17) is 0 Å². The van der Waals surface area contributed by atoms with Crippen LogP contribution < -0.4 is 5.32 Å². The van der Waals surface area contributed by atoms with E-state index in [1.54, 1.807) is 0 Å². The lowest BCUT2D eigenvalue weighted by atomic mass is 9.89. The summed E-state index contributed by atoms with van der Waals surface area (Å²) in [5.41, 5.74) is 2.63. The van der Waals surface area contributed by atoms with Crippen LogP contribution in [0.3, 0.4) is 0 Å². The molecule has 0 spiro atoms. The maximum absolute atomic E-state index is 4.53. The highest BCUT2D eigenvalue weighted by molar-refractivity contribution is 5.65. The number of nitrogens with one attached hydrogen (secondary N) is 1. The van der Waals surface area contributed by atoms with Crippen molar-refractivity contribution in [2.75, 3.05) is 11.9 Å². The molecule has 13 heavy (non-hydrogen) atoms. The molecule has 2 unspecified atom stereocenters. The molecule has 2 heteroatoms. The molecule has 0 fully saturated rings. The van der Waals surface area contributed by atoms with Crippen molar-refractivity contribution in [2.24, 2.45) is 10.9 Å². The van der Waals surface area contributed by atoms with Crippen molar-refractivity contribution < 1.29 is 0 Å². The van der Waals surface area contributed by atoms with Gasteiger partial charge in [-0.1, -0.05) is 18.2 Å². The van der Waals surface area contributed by atoms with Gasteiger partial charge in [0.1, 0.15) is 0 Å². The van der Waals surface area contributed by atoms with Crippen LogP contribution >= 0.6 is 0 Å². The third-order valence-electron chi connectivity index (χ3n) is 2.95. The number of rotatable bonds is 0. The quantitative estimate of drug-likeness (QED) is 0.637. The smallest absolute Gasteiger partial charge is 0.0813 e. The van der Waals surface area contributed by atoms with Crippen molar-refractivity contribution in [1.29, 1.82) is 0 Å². The van der Waals surface area contributed by atoms with Gasteiger partial charge in [0, 0.05) is 23.7 Å². The van der Waals surface area contributed by atoms with Crippen molar-refractivity contribution in [3.05, 3.63) is 29.8 Å². The number of aliphatic imine (C=N–C) groups is 1. The van der Waals surface area contributed by atoms with E-state index in [1.807, 2.05) is 0 Å². The number of para-hydroxylation sites is 1. The molecule has 1 N–H and O–H groups in total. The average Bonchev–Trinajstić information content (AvgIpc) is 2.65. The van der Waals surface area contributed by atoms with E-state index in [2.05, 4.69) is 40.8 Å². The molecule has 0 saturated heterocycles. The second-order valence-corrected chi connectivity index (χ2v) is 3.74. The first-order valence-electron chi connectivity index (χ1n) is 4.79. The molecule has 3 rings (SSSR count). The molecule has 2 aliphatic heterocycles. The van der Waals surface area contributed by atoms with E-state index < -0.39 is 0 Å². The highest BCUT2D eigenvalue weighted by atomic mass is 15.0. The van der Waals surface area contributed by atoms with Crippen LogP contribution in [0.15, 0.2) is 29.3 Å². The van der Waals surface area contributed by atoms with E-state index in [9.17, 15) is 0 Å². The molecule has 1 aromatic rings. The summed E-state index contributed by atoms with van der Waals surface area (Å²) in [5, 5.41) is 3.45. The Hall–Kier alpha value is -1.31. The number of anilines is 1. The summed E-state index contributed by atoms with van der Waals surface area (Å²) in [6.07, 6.45) is 3.20. The molecule has 0 aliphatic carbocycles. The SMILES string of the molecule is C1=NC2c3ccccc3NCC2C1. The Kier molecular flexibility index (Phi) is 1.42. The van der Waals surface area contributed by atoms with Crippen LogP contribution in [-0.2, 0) is 0 Å². The summed E-state index contributed by atoms with van der Waals surface area (Å²) >= 11 is 0. The Bertz CT molecular complexity index is 357. The molecule has 0 saturated carbocycles. The summed E-state index contributed by atoms with van der Waals surface area (Å²) in [7, 11) is 0. The fourth-order valence-electron chi connectivity index (χ4n) is 2.25. The summed E-state index contributed by atoms with van der Waals surface area (Å²) in [4.78, 5) is 4.53. The van der Waals surface area contributed by atoms with E-state index in [0.29, 0.717) is 12.0 Å². The third kappa shape index (κ3) is 0.981. The van der Waals surface area contributed by atoms with Crippen LogP contribution in [-0.4, -0.2) is 12.8 Å². The number of hydrogen-bond acceptors (Lipinski definition) is 2. The zero-order valence-corrected chi connectivity index (χ0v) is 7.40. The standard InChI is InChI=1S/C11H12N2/c1-2-4-10-9(3-1)11-8(7-13-10)5-6-12-11/h1-4,6,8,11,13H,5,7H2. The molecular weight excluding hydrogens is 160 g/mol. The molecule has 2 nitrogen and oxygen atoms in total. The van der Waals surface area contributed by atoms with Crippen molar-refractivity contribution in [1.82, 2.24) is 0 Å². The fraction of sp³-hybridized carbons (Fsp3) is 0.364. The number of hydrogen-bond donors (Lipinski definition) is 1. The van der Waals surface area contributed by atoms with E-state index in [1.165, 1.54) is 11.3 Å². The van der Waals surface area contributed by atoms with Gasteiger partial charge in [0.25, 0.3) is 0 Å². The van der Waals surface area contributed by atoms with Crippen molar-refractivity contribution >= 4 is 11.9 Å². The molecule has 2 atom stereocenters. The van der Waals surface area contributed by atoms with Crippen LogP contribution in [0.1, 0.15) is 18.0 Å². The van der Waals surface area contributed by atoms with Crippen molar-refractivity contribution in [3.8, 4) is 0 Å². The van der Waals surface area contributed by atoms with Crippen LogP contribution in [0.5, 0.6) is 0 Å². The maximum atomic E-state index is 4.53. The van der Waals surface area contributed by atoms with Gasteiger partial charge in [-0.15, -0.1) is 0 Å². The fourth-order valence-corrected chi connectivity index (χ4v) is 2.25. The van der Waals surface area contributed by atoms with E-state index in [0.717, 1.165) is 13.0 Å². The Balaban J connectivity index is 2.10. The van der Waals surface area contributed by atoms with Gasteiger partial charge in [-0.05, 0) is 18.7 Å². The largest absolute Gasteiger partial charge is 0.384 e. The summed E-state index contributed by atoms with van der Waals surface area (Å²) in [6.45, 7) is 1.07. The minimum Gasteiger partial charge on any atom is -0.384 e. The van der Waals surface area contributed by atoms with Crippen molar-refractivity contribution in [3.63, 3.8) is 0 Å². The third-order valence-corrected chi connectivity index (χ3v) is 2.95. The molecule has 0 radical (unpaired) electrons. The highest BCUT2D eigenvalue weighted by Gasteiger charge is 2.30. The van der Waals surface area contributed by atoms with Gasteiger partial charge < -0.3 is 5.32 Å². The molecule has 2 heterocycles. The van der Waals surface area contributed by atoms with Crippen LogP contribution in [0.2, 0.25) is 0 Å². The number of benzene rings is 1. The zero-order chi connectivity index (χ0) is 8.67. The molecule has 66 valence electrons. The minimum atomic E-state index is 0.428. The Morgan fingerprint density at radius 2 is 2.23 bits per heavy atom. The molecule has 0 amide bonds. The Labute approximate surface area is 77.7 Å². The predicted octanol–water partition coefficient (Wildman–Crippen LogP) is 2.24. The van der Waals surface area contributed by atoms with Gasteiger partial charge in [0.15, 0.2) is 0 Å². The van der Waals surface area contributed by atoms with Gasteiger partial charge in [-0.2, -0.15) is 0 Å². The molecule has 1 aromatic carbocycles. The topological polar surface area (TPSA) is 24.4 Å². The number of fused-ring (bicyclic) bond motifs is 3. The molecular formula is C11H12N2. The normalized spacial score (nSPS) is 29.2. The highest BCUT2D eigenvalue weighted by Crippen LogP contribution is 2.39. The van der Waals surface area contributed by atoms with Gasteiger partial charge in [-0.3, -0.25) is 4.99 Å². The Morgan fingerprint density at radius 3 is 3.23 bits per heavy atom. The molecule has 0 bridgehead atoms. The zero-order valence-electron chi connectivity index (χ0n) is 7.40. The van der Waals surface area contributed by atoms with Gasteiger partial charge in [-0.25, -0.2) is 0 Å². The average molecular weight is 172 g/mol. The first-order valence-corrected chi connectivity index (χ1v) is 4.79. The van der Waals surface area contributed by atoms with E-state index >= 15 is 0 Å². The van der Waals surface area contributed by atoms with Gasteiger partial charge >= 0.3 is 0 Å². The lowest BCUT2D eigenvalue weighted by Gasteiger charge is -2.27. The summed E-state index contributed by atoms with van der Waals surface area (Å²) in [5.74, 6) is 0.690. The lowest BCUT2D eigenvalue weighted by Crippen LogP contribution is -2.24. The van der Waals surface area contributed by atoms with Crippen molar-refractivity contribution in [2.45, 2.75) is 12.5 Å². The Morgan fingerprint density at radius 1 is 1.31 bits per heavy atom. The van der Waals surface area contributed by atoms with E-state index in [-0.39, 0.29) is 0 Å².